The van der Waals surface area contributed by atoms with E-state index in [0.717, 1.165) is 0 Å². The van der Waals surface area contributed by atoms with Gasteiger partial charge in [0.2, 0.25) is 0 Å². The Morgan fingerprint density at radius 1 is 1.59 bits per heavy atom. The molecule has 1 aromatic carbocycles. The van der Waals surface area contributed by atoms with E-state index in [4.69, 9.17) is 21.4 Å². The average Bonchev–Trinajstić information content (AvgIpc) is 2.24. The second-order valence-corrected chi connectivity index (χ2v) is 4.13. The monoisotopic (exact) mass is 255 g/mol. The summed E-state index contributed by atoms with van der Waals surface area (Å²) in [7, 11) is 0. The van der Waals surface area contributed by atoms with Crippen LogP contribution in [-0.2, 0) is 9.59 Å². The van der Waals surface area contributed by atoms with Crippen molar-refractivity contribution in [2.45, 2.75) is 13.0 Å². The second-order valence-electron chi connectivity index (χ2n) is 3.69. The molecule has 1 N–H and O–H groups in total. The van der Waals surface area contributed by atoms with Crippen molar-refractivity contribution in [1.82, 2.24) is 0 Å². The number of carbonyl (C=O) groups excluding carboxylic acids is 1. The highest BCUT2D eigenvalue weighted by molar-refractivity contribution is 6.31. The van der Waals surface area contributed by atoms with E-state index in [9.17, 15) is 9.59 Å². The lowest BCUT2D eigenvalue weighted by atomic mass is 10.2. The predicted octanol–water partition coefficient (Wildman–Crippen LogP) is 1.54. The summed E-state index contributed by atoms with van der Waals surface area (Å²) in [4.78, 5) is 23.7. The first-order valence-corrected chi connectivity index (χ1v) is 5.36. The van der Waals surface area contributed by atoms with E-state index in [0.29, 0.717) is 16.5 Å². The SMILES string of the molecule is CC1Oc2cc(Cl)ccc2N(CC(=O)O)C1=O. The van der Waals surface area contributed by atoms with Crippen LogP contribution in [0.25, 0.3) is 0 Å². The molecule has 0 fully saturated rings. The van der Waals surface area contributed by atoms with Gasteiger partial charge in [0.1, 0.15) is 12.3 Å². The fourth-order valence-corrected chi connectivity index (χ4v) is 1.84. The molecule has 5 nitrogen and oxygen atoms in total. The minimum absolute atomic E-state index is 0.373. The Bertz CT molecular complexity index is 488. The lowest BCUT2D eigenvalue weighted by molar-refractivity contribution is -0.137. The van der Waals surface area contributed by atoms with Crippen molar-refractivity contribution in [3.8, 4) is 5.75 Å². The van der Waals surface area contributed by atoms with Crippen molar-refractivity contribution < 1.29 is 19.4 Å². The summed E-state index contributed by atoms with van der Waals surface area (Å²) in [5.74, 6) is -1.03. The zero-order valence-electron chi connectivity index (χ0n) is 9.01. The molecule has 1 atom stereocenters. The van der Waals surface area contributed by atoms with Crippen LogP contribution in [0.5, 0.6) is 5.75 Å². The van der Waals surface area contributed by atoms with Crippen LogP contribution in [0.15, 0.2) is 18.2 Å². The second kappa shape index (κ2) is 4.25. The molecule has 1 aliphatic rings. The summed E-state index contributed by atoms with van der Waals surface area (Å²) >= 11 is 5.81. The van der Waals surface area contributed by atoms with Crippen molar-refractivity contribution in [2.24, 2.45) is 0 Å². The van der Waals surface area contributed by atoms with Crippen LogP contribution in [0.3, 0.4) is 0 Å². The number of carboxylic acid groups (broad SMARTS) is 1. The van der Waals surface area contributed by atoms with Crippen LogP contribution in [-0.4, -0.2) is 29.6 Å². The third kappa shape index (κ3) is 2.19. The van der Waals surface area contributed by atoms with E-state index in [-0.39, 0.29) is 12.5 Å². The van der Waals surface area contributed by atoms with E-state index >= 15 is 0 Å². The van der Waals surface area contributed by atoms with E-state index in [1.807, 2.05) is 0 Å². The molecule has 0 radical (unpaired) electrons. The number of ether oxygens (including phenoxy) is 1. The van der Waals surface area contributed by atoms with Gasteiger partial charge in [0.25, 0.3) is 5.91 Å². The summed E-state index contributed by atoms with van der Waals surface area (Å²) in [6, 6.07) is 4.72. The zero-order valence-corrected chi connectivity index (χ0v) is 9.77. The van der Waals surface area contributed by atoms with Gasteiger partial charge in [0, 0.05) is 11.1 Å². The largest absolute Gasteiger partial charge is 0.480 e. The molecule has 0 aliphatic carbocycles. The number of carboxylic acids is 1. The Morgan fingerprint density at radius 3 is 2.94 bits per heavy atom. The van der Waals surface area contributed by atoms with Crippen molar-refractivity contribution in [2.75, 3.05) is 11.4 Å². The van der Waals surface area contributed by atoms with Gasteiger partial charge in [-0.1, -0.05) is 11.6 Å². The average molecular weight is 256 g/mol. The van der Waals surface area contributed by atoms with Crippen molar-refractivity contribution in [3.05, 3.63) is 23.2 Å². The number of aliphatic carboxylic acids is 1. The van der Waals surface area contributed by atoms with Gasteiger partial charge in [-0.3, -0.25) is 14.5 Å². The Balaban J connectivity index is 2.45. The van der Waals surface area contributed by atoms with Gasteiger partial charge >= 0.3 is 5.97 Å². The molecule has 90 valence electrons. The number of benzene rings is 1. The summed E-state index contributed by atoms with van der Waals surface area (Å²) in [5, 5.41) is 9.26. The molecule has 2 rings (SSSR count). The number of rotatable bonds is 2. The normalized spacial score (nSPS) is 18.6. The van der Waals surface area contributed by atoms with Crippen LogP contribution in [0.2, 0.25) is 5.02 Å². The Labute approximate surface area is 103 Å². The molecule has 1 amide bonds. The number of nitrogens with zero attached hydrogens (tertiary/aromatic N) is 1. The highest BCUT2D eigenvalue weighted by Gasteiger charge is 2.32. The molecule has 0 bridgehead atoms. The number of fused-ring (bicyclic) bond motifs is 1. The minimum atomic E-state index is -1.08. The summed E-state index contributed by atoms with van der Waals surface area (Å²) in [6.45, 7) is 1.18. The van der Waals surface area contributed by atoms with Gasteiger partial charge in [-0.05, 0) is 19.1 Å². The molecule has 0 saturated heterocycles. The van der Waals surface area contributed by atoms with Gasteiger partial charge < -0.3 is 9.84 Å². The lowest BCUT2D eigenvalue weighted by Crippen LogP contribution is -2.46. The zero-order chi connectivity index (χ0) is 12.6. The topological polar surface area (TPSA) is 66.8 Å². The molecule has 0 saturated carbocycles. The fraction of sp³-hybridized carbons (Fsp3) is 0.273. The third-order valence-electron chi connectivity index (χ3n) is 2.42. The lowest BCUT2D eigenvalue weighted by Gasteiger charge is -2.31. The van der Waals surface area contributed by atoms with Crippen LogP contribution < -0.4 is 9.64 Å². The first-order valence-electron chi connectivity index (χ1n) is 4.98. The van der Waals surface area contributed by atoms with Crippen LogP contribution in [0.4, 0.5) is 5.69 Å². The Morgan fingerprint density at radius 2 is 2.29 bits per heavy atom. The van der Waals surface area contributed by atoms with Crippen molar-refractivity contribution in [3.63, 3.8) is 0 Å². The summed E-state index contributed by atoms with van der Waals surface area (Å²) < 4.78 is 5.37. The minimum Gasteiger partial charge on any atom is -0.480 e. The molecule has 0 aromatic heterocycles. The maximum atomic E-state index is 11.8. The number of amides is 1. The highest BCUT2D eigenvalue weighted by atomic mass is 35.5. The van der Waals surface area contributed by atoms with E-state index < -0.39 is 12.1 Å². The third-order valence-corrected chi connectivity index (χ3v) is 2.66. The summed E-state index contributed by atoms with van der Waals surface area (Å²) in [6.07, 6.45) is -0.708. The maximum Gasteiger partial charge on any atom is 0.323 e. The standard InChI is InChI=1S/C11H10ClNO4/c1-6-11(16)13(5-10(14)15)8-3-2-7(12)4-9(8)17-6/h2-4,6H,5H2,1H3,(H,14,15). The quantitative estimate of drug-likeness (QED) is 0.870. The van der Waals surface area contributed by atoms with Gasteiger partial charge in [0.15, 0.2) is 6.10 Å². The van der Waals surface area contributed by atoms with E-state index in [2.05, 4.69) is 0 Å². The molecule has 1 aromatic rings. The van der Waals surface area contributed by atoms with Crippen LogP contribution in [0.1, 0.15) is 6.92 Å². The maximum absolute atomic E-state index is 11.8. The molecule has 1 aliphatic heterocycles. The predicted molar refractivity (Wildman–Crippen MR) is 61.5 cm³/mol. The molecular formula is C11H10ClNO4. The smallest absolute Gasteiger partial charge is 0.323 e. The molecule has 6 heteroatoms. The first kappa shape index (κ1) is 11.7. The Hall–Kier alpha value is -1.75. The molecule has 1 heterocycles. The van der Waals surface area contributed by atoms with Gasteiger partial charge in [-0.15, -0.1) is 0 Å². The van der Waals surface area contributed by atoms with Gasteiger partial charge in [-0.2, -0.15) is 0 Å². The highest BCUT2D eigenvalue weighted by Crippen LogP contribution is 2.35. The molecule has 1 unspecified atom stereocenters. The molecular weight excluding hydrogens is 246 g/mol. The fourth-order valence-electron chi connectivity index (χ4n) is 1.68. The first-order chi connectivity index (χ1) is 7.99. The Kier molecular flexibility index (Phi) is 2.93. The number of halogens is 1. The van der Waals surface area contributed by atoms with Crippen LogP contribution >= 0.6 is 11.6 Å². The number of hydrogen-bond donors (Lipinski definition) is 1. The van der Waals surface area contributed by atoms with E-state index in [1.54, 1.807) is 25.1 Å². The van der Waals surface area contributed by atoms with Gasteiger partial charge in [0.05, 0.1) is 5.69 Å². The van der Waals surface area contributed by atoms with Crippen molar-refractivity contribution >= 4 is 29.2 Å². The van der Waals surface area contributed by atoms with Gasteiger partial charge in [-0.25, -0.2) is 0 Å². The van der Waals surface area contributed by atoms with Crippen LogP contribution in [0, 0.1) is 0 Å². The number of carbonyl (C=O) groups is 2. The van der Waals surface area contributed by atoms with E-state index in [1.165, 1.54) is 4.90 Å². The molecule has 17 heavy (non-hydrogen) atoms. The number of anilines is 1. The summed E-state index contributed by atoms with van der Waals surface area (Å²) in [5.41, 5.74) is 0.430. The number of hydrogen-bond acceptors (Lipinski definition) is 3. The van der Waals surface area contributed by atoms with Crippen molar-refractivity contribution in [1.29, 1.82) is 0 Å². The molecule has 0 spiro atoms.